The predicted molar refractivity (Wildman–Crippen MR) is 116 cm³/mol. The third kappa shape index (κ3) is 5.45. The van der Waals surface area contributed by atoms with Crippen molar-refractivity contribution in [2.75, 3.05) is 39.4 Å². The second kappa shape index (κ2) is 9.85. The number of carbonyl (C=O) groups excluding carboxylic acids is 2. The first-order valence-corrected chi connectivity index (χ1v) is 10.4. The number of hydrogen-bond acceptors (Lipinski definition) is 4. The van der Waals surface area contributed by atoms with Crippen LogP contribution in [0.25, 0.3) is 0 Å². The summed E-state index contributed by atoms with van der Waals surface area (Å²) in [6, 6.07) is 10.9. The van der Waals surface area contributed by atoms with Gasteiger partial charge in [0.2, 0.25) is 0 Å². The van der Waals surface area contributed by atoms with Gasteiger partial charge in [0.25, 0.3) is 11.8 Å². The van der Waals surface area contributed by atoms with Gasteiger partial charge in [-0.25, -0.2) is 0 Å². The summed E-state index contributed by atoms with van der Waals surface area (Å²) in [6.45, 7) is 7.90. The van der Waals surface area contributed by atoms with E-state index in [4.69, 9.17) is 21.1 Å². The molecule has 2 aromatic rings. The van der Waals surface area contributed by atoms with Gasteiger partial charge in [0.05, 0.1) is 0 Å². The van der Waals surface area contributed by atoms with Crippen LogP contribution < -0.4 is 9.47 Å². The van der Waals surface area contributed by atoms with Crippen LogP contribution in [0, 0.1) is 20.8 Å². The fraction of sp³-hybridized carbons (Fsp3) is 0.391. The van der Waals surface area contributed by atoms with Gasteiger partial charge in [0.15, 0.2) is 13.2 Å². The fourth-order valence-electron chi connectivity index (χ4n) is 3.35. The van der Waals surface area contributed by atoms with Crippen molar-refractivity contribution in [3.63, 3.8) is 0 Å². The summed E-state index contributed by atoms with van der Waals surface area (Å²) < 4.78 is 11.4. The smallest absolute Gasteiger partial charge is 0.260 e. The van der Waals surface area contributed by atoms with Crippen LogP contribution in [0.1, 0.15) is 16.7 Å². The van der Waals surface area contributed by atoms with Gasteiger partial charge in [0.1, 0.15) is 11.5 Å². The lowest BCUT2D eigenvalue weighted by atomic mass is 10.1. The Hall–Kier alpha value is -2.73. The number of halogens is 1. The highest BCUT2D eigenvalue weighted by molar-refractivity contribution is 6.30. The number of benzene rings is 2. The maximum absolute atomic E-state index is 12.6. The molecule has 1 aliphatic rings. The van der Waals surface area contributed by atoms with Crippen LogP contribution in [0.15, 0.2) is 36.4 Å². The van der Waals surface area contributed by atoms with Gasteiger partial charge in [-0.3, -0.25) is 9.59 Å². The third-order valence-electron chi connectivity index (χ3n) is 5.37. The lowest BCUT2D eigenvalue weighted by molar-refractivity contribution is -0.141. The largest absolute Gasteiger partial charge is 0.484 e. The molecule has 1 fully saturated rings. The van der Waals surface area contributed by atoms with E-state index in [0.29, 0.717) is 37.0 Å². The maximum Gasteiger partial charge on any atom is 0.260 e. The molecule has 0 aromatic heterocycles. The molecule has 0 radical (unpaired) electrons. The number of hydrogen-bond donors (Lipinski definition) is 0. The van der Waals surface area contributed by atoms with Crippen molar-refractivity contribution in [3.05, 3.63) is 58.1 Å². The topological polar surface area (TPSA) is 59.1 Å². The number of ether oxygens (including phenoxy) is 2. The minimum absolute atomic E-state index is 0.00123. The first-order valence-electron chi connectivity index (χ1n) is 9.98. The summed E-state index contributed by atoms with van der Waals surface area (Å²) in [5.74, 6) is 1.20. The Kier molecular flexibility index (Phi) is 7.21. The Balaban J connectivity index is 1.44. The van der Waals surface area contributed by atoms with Crippen molar-refractivity contribution in [1.29, 1.82) is 0 Å². The van der Waals surface area contributed by atoms with Gasteiger partial charge in [-0.05, 0) is 61.7 Å². The van der Waals surface area contributed by atoms with Crippen LogP contribution >= 0.6 is 11.6 Å². The average molecular weight is 431 g/mol. The molecular formula is C23H27ClN2O4. The number of rotatable bonds is 6. The molecule has 160 valence electrons. The van der Waals surface area contributed by atoms with Gasteiger partial charge >= 0.3 is 0 Å². The second-order valence-electron chi connectivity index (χ2n) is 7.45. The van der Waals surface area contributed by atoms with E-state index < -0.39 is 0 Å². The molecule has 3 rings (SSSR count). The minimum atomic E-state index is -0.0979. The zero-order valence-electron chi connectivity index (χ0n) is 17.6. The molecule has 7 heteroatoms. The SMILES string of the molecule is Cc1ccc(C)c(OCC(=O)N2CCN(C(=O)COc3ccc(Cl)cc3)CC2)c1C. The third-order valence-corrected chi connectivity index (χ3v) is 5.63. The first kappa shape index (κ1) is 22.0. The van der Waals surface area contributed by atoms with Crippen molar-refractivity contribution in [2.24, 2.45) is 0 Å². The maximum atomic E-state index is 12.6. The standard InChI is InChI=1S/C23H27ClN2O4/c1-16-4-5-17(2)23(18(16)3)30-15-22(28)26-12-10-25(11-13-26)21(27)14-29-20-8-6-19(24)7-9-20/h4-9H,10-15H2,1-3H3. The van der Waals surface area contributed by atoms with Gasteiger partial charge in [-0.1, -0.05) is 23.7 Å². The zero-order chi connectivity index (χ0) is 21.7. The van der Waals surface area contributed by atoms with Crippen molar-refractivity contribution in [1.82, 2.24) is 9.80 Å². The van der Waals surface area contributed by atoms with E-state index in [9.17, 15) is 9.59 Å². The van der Waals surface area contributed by atoms with E-state index in [1.54, 1.807) is 34.1 Å². The molecule has 1 saturated heterocycles. The van der Waals surface area contributed by atoms with Gasteiger partial charge < -0.3 is 19.3 Å². The van der Waals surface area contributed by atoms with E-state index in [1.807, 2.05) is 32.9 Å². The molecule has 0 aliphatic carbocycles. The number of amides is 2. The molecule has 0 unspecified atom stereocenters. The monoisotopic (exact) mass is 430 g/mol. The molecule has 30 heavy (non-hydrogen) atoms. The van der Waals surface area contributed by atoms with Crippen LogP contribution in [0.2, 0.25) is 5.02 Å². The van der Waals surface area contributed by atoms with E-state index in [2.05, 4.69) is 0 Å². The number of carbonyl (C=O) groups is 2. The van der Waals surface area contributed by atoms with Crippen LogP contribution in [0.5, 0.6) is 11.5 Å². The minimum Gasteiger partial charge on any atom is -0.484 e. The summed E-state index contributed by atoms with van der Waals surface area (Å²) in [4.78, 5) is 28.4. The summed E-state index contributed by atoms with van der Waals surface area (Å²) >= 11 is 5.84. The Morgan fingerprint density at radius 3 is 1.87 bits per heavy atom. The van der Waals surface area contributed by atoms with Crippen molar-refractivity contribution in [3.8, 4) is 11.5 Å². The Bertz CT molecular complexity index is 906. The predicted octanol–water partition coefficient (Wildman–Crippen LogP) is 3.39. The Labute approximate surface area is 182 Å². The van der Waals surface area contributed by atoms with E-state index in [-0.39, 0.29) is 25.0 Å². The molecule has 2 aromatic carbocycles. The normalized spacial score (nSPS) is 13.9. The molecule has 2 amide bonds. The van der Waals surface area contributed by atoms with Gasteiger partial charge in [0, 0.05) is 31.2 Å². The number of nitrogens with zero attached hydrogens (tertiary/aromatic N) is 2. The summed E-state index contributed by atoms with van der Waals surface area (Å²) in [5, 5.41) is 0.617. The second-order valence-corrected chi connectivity index (χ2v) is 7.88. The molecule has 1 heterocycles. The van der Waals surface area contributed by atoms with E-state index in [1.165, 1.54) is 0 Å². The van der Waals surface area contributed by atoms with Crippen LogP contribution in [0.4, 0.5) is 0 Å². The first-order chi connectivity index (χ1) is 14.3. The molecule has 0 spiro atoms. The van der Waals surface area contributed by atoms with Gasteiger partial charge in [-0.2, -0.15) is 0 Å². The van der Waals surface area contributed by atoms with E-state index in [0.717, 1.165) is 22.4 Å². The van der Waals surface area contributed by atoms with Crippen molar-refractivity contribution >= 4 is 23.4 Å². The fourth-order valence-corrected chi connectivity index (χ4v) is 3.47. The molecule has 0 bridgehead atoms. The molecule has 0 saturated carbocycles. The van der Waals surface area contributed by atoms with Crippen LogP contribution in [-0.2, 0) is 9.59 Å². The molecule has 6 nitrogen and oxygen atoms in total. The zero-order valence-corrected chi connectivity index (χ0v) is 18.4. The van der Waals surface area contributed by atoms with Gasteiger partial charge in [-0.15, -0.1) is 0 Å². The molecular weight excluding hydrogens is 404 g/mol. The quantitative estimate of drug-likeness (QED) is 0.704. The van der Waals surface area contributed by atoms with Crippen molar-refractivity contribution < 1.29 is 19.1 Å². The van der Waals surface area contributed by atoms with Crippen LogP contribution in [0.3, 0.4) is 0 Å². The van der Waals surface area contributed by atoms with Crippen molar-refractivity contribution in [2.45, 2.75) is 20.8 Å². The molecule has 0 atom stereocenters. The highest BCUT2D eigenvalue weighted by Gasteiger charge is 2.25. The highest BCUT2D eigenvalue weighted by Crippen LogP contribution is 2.25. The summed E-state index contributed by atoms with van der Waals surface area (Å²) in [7, 11) is 0. The highest BCUT2D eigenvalue weighted by atomic mass is 35.5. The lowest BCUT2D eigenvalue weighted by Gasteiger charge is -2.34. The van der Waals surface area contributed by atoms with Crippen LogP contribution in [-0.4, -0.2) is 61.0 Å². The summed E-state index contributed by atoms with van der Waals surface area (Å²) in [6.07, 6.45) is 0. The summed E-state index contributed by atoms with van der Waals surface area (Å²) in [5.41, 5.74) is 3.21. The molecule has 1 aliphatic heterocycles. The van der Waals surface area contributed by atoms with E-state index >= 15 is 0 Å². The number of piperazine rings is 1. The number of aryl methyl sites for hydroxylation is 2. The Morgan fingerprint density at radius 1 is 0.800 bits per heavy atom. The Morgan fingerprint density at radius 2 is 1.30 bits per heavy atom. The average Bonchev–Trinajstić information content (AvgIpc) is 2.75. The molecule has 0 N–H and O–H groups in total. The lowest BCUT2D eigenvalue weighted by Crippen LogP contribution is -2.52.